The highest BCUT2D eigenvalue weighted by atomic mass is 32.2. The molecule has 1 aromatic rings. The molecule has 0 saturated carbocycles. The molecular weight excluding hydrogens is 234 g/mol. The third-order valence-corrected chi connectivity index (χ3v) is 4.67. The Balaban J connectivity index is 2.13. The van der Waals surface area contributed by atoms with Crippen molar-refractivity contribution in [3.05, 3.63) is 30.3 Å². The van der Waals surface area contributed by atoms with Gasteiger partial charge in [0.1, 0.15) is 5.25 Å². The lowest BCUT2D eigenvalue weighted by Gasteiger charge is -2.19. The van der Waals surface area contributed by atoms with Crippen LogP contribution in [0.25, 0.3) is 0 Å². The normalized spacial score (nSPS) is 23.3. The van der Waals surface area contributed by atoms with Crippen LogP contribution in [0.4, 0.5) is 0 Å². The third-order valence-electron chi connectivity index (χ3n) is 2.97. The van der Waals surface area contributed by atoms with Gasteiger partial charge in [-0.3, -0.25) is 9.00 Å². The lowest BCUT2D eigenvalue weighted by atomic mass is 10.1. The molecule has 1 fully saturated rings. The molecule has 2 atom stereocenters. The zero-order chi connectivity index (χ0) is 12.1. The fraction of sp³-hybridized carbons (Fsp3) is 0.462. The quantitative estimate of drug-likeness (QED) is 0.872. The molecular formula is C13H17NO2S. The largest absolute Gasteiger partial charge is 0.355 e. The maximum atomic E-state index is 12.3. The number of hydrogen-bond donors (Lipinski definition) is 1. The maximum Gasteiger partial charge on any atom is 0.236 e. The summed E-state index contributed by atoms with van der Waals surface area (Å²) in [6, 6.07) is 9.24. The molecule has 0 aliphatic carbocycles. The van der Waals surface area contributed by atoms with E-state index in [1.807, 2.05) is 30.3 Å². The first kappa shape index (κ1) is 12.3. The van der Waals surface area contributed by atoms with Crippen molar-refractivity contribution >= 4 is 16.7 Å². The summed E-state index contributed by atoms with van der Waals surface area (Å²) in [5.41, 5.74) is 0. The molecule has 1 amide bonds. The van der Waals surface area contributed by atoms with Gasteiger partial charge in [-0.05, 0) is 25.0 Å². The highest BCUT2D eigenvalue weighted by Crippen LogP contribution is 2.18. The van der Waals surface area contributed by atoms with E-state index in [4.69, 9.17) is 0 Å². The van der Waals surface area contributed by atoms with Crippen LogP contribution < -0.4 is 5.32 Å². The molecule has 17 heavy (non-hydrogen) atoms. The van der Waals surface area contributed by atoms with E-state index in [-0.39, 0.29) is 5.91 Å². The van der Waals surface area contributed by atoms with Crippen molar-refractivity contribution in [2.45, 2.75) is 35.8 Å². The van der Waals surface area contributed by atoms with Gasteiger partial charge in [0, 0.05) is 11.4 Å². The molecule has 1 N–H and O–H groups in total. The van der Waals surface area contributed by atoms with Gasteiger partial charge in [-0.25, -0.2) is 0 Å². The zero-order valence-corrected chi connectivity index (χ0v) is 10.5. The van der Waals surface area contributed by atoms with E-state index < -0.39 is 16.0 Å². The zero-order valence-electron chi connectivity index (χ0n) is 9.72. The molecule has 3 nitrogen and oxygen atoms in total. The summed E-state index contributed by atoms with van der Waals surface area (Å²) in [6.45, 7) is 0.710. The Labute approximate surface area is 104 Å². The molecule has 2 rings (SSSR count). The molecule has 0 spiro atoms. The van der Waals surface area contributed by atoms with Crippen LogP contribution in [-0.4, -0.2) is 21.9 Å². The van der Waals surface area contributed by atoms with E-state index in [0.29, 0.717) is 13.0 Å². The van der Waals surface area contributed by atoms with E-state index >= 15 is 0 Å². The second-order valence-electron chi connectivity index (χ2n) is 4.24. The summed E-state index contributed by atoms with van der Waals surface area (Å²) in [5, 5.41) is 2.46. The van der Waals surface area contributed by atoms with Gasteiger partial charge in [0.25, 0.3) is 0 Å². The van der Waals surface area contributed by atoms with Crippen LogP contribution in [0, 0.1) is 0 Å². The van der Waals surface area contributed by atoms with E-state index in [9.17, 15) is 9.00 Å². The van der Waals surface area contributed by atoms with E-state index in [2.05, 4.69) is 5.32 Å². The van der Waals surface area contributed by atoms with Crippen molar-refractivity contribution < 1.29 is 9.00 Å². The number of nitrogens with one attached hydrogen (secondary N) is 1. The fourth-order valence-corrected chi connectivity index (χ4v) is 3.42. The lowest BCUT2D eigenvalue weighted by molar-refractivity contribution is -0.120. The molecule has 1 heterocycles. The first-order valence-electron chi connectivity index (χ1n) is 6.02. The lowest BCUT2D eigenvalue weighted by Crippen LogP contribution is -2.39. The summed E-state index contributed by atoms with van der Waals surface area (Å²) in [5.74, 6) is -0.0631. The van der Waals surface area contributed by atoms with Crippen molar-refractivity contribution in [3.8, 4) is 0 Å². The molecule has 92 valence electrons. The third kappa shape index (κ3) is 3.16. The van der Waals surface area contributed by atoms with E-state index in [1.54, 1.807) is 0 Å². The molecule has 0 aromatic heterocycles. The summed E-state index contributed by atoms with van der Waals surface area (Å²) < 4.78 is 12.3. The molecule has 1 saturated heterocycles. The Hall–Kier alpha value is -1.16. The number of hydrogen-bond acceptors (Lipinski definition) is 2. The van der Waals surface area contributed by atoms with Crippen LogP contribution in [0.2, 0.25) is 0 Å². The molecule has 1 aromatic carbocycles. The second kappa shape index (κ2) is 5.96. The number of rotatable bonds is 2. The average Bonchev–Trinajstić information content (AvgIpc) is 2.35. The number of amides is 1. The van der Waals surface area contributed by atoms with Crippen LogP contribution in [0.1, 0.15) is 25.7 Å². The van der Waals surface area contributed by atoms with Crippen molar-refractivity contribution in [2.75, 3.05) is 6.54 Å². The van der Waals surface area contributed by atoms with Crippen molar-refractivity contribution in [1.29, 1.82) is 0 Å². The Kier molecular flexibility index (Phi) is 4.31. The molecule has 1 aliphatic heterocycles. The van der Waals surface area contributed by atoms with Gasteiger partial charge >= 0.3 is 0 Å². The minimum Gasteiger partial charge on any atom is -0.355 e. The molecule has 1 aliphatic rings. The highest BCUT2D eigenvalue weighted by Gasteiger charge is 2.26. The van der Waals surface area contributed by atoms with Crippen LogP contribution in [0.5, 0.6) is 0 Å². The van der Waals surface area contributed by atoms with Crippen molar-refractivity contribution in [2.24, 2.45) is 0 Å². The van der Waals surface area contributed by atoms with Gasteiger partial charge in [0.15, 0.2) is 0 Å². The molecule has 4 heteroatoms. The Morgan fingerprint density at radius 2 is 1.88 bits per heavy atom. The van der Waals surface area contributed by atoms with Gasteiger partial charge < -0.3 is 5.32 Å². The topological polar surface area (TPSA) is 46.2 Å². The molecule has 0 radical (unpaired) electrons. The van der Waals surface area contributed by atoms with Gasteiger partial charge in [-0.2, -0.15) is 0 Å². The predicted octanol–water partition coefficient (Wildman–Crippen LogP) is 1.85. The van der Waals surface area contributed by atoms with Gasteiger partial charge in [-0.1, -0.05) is 31.0 Å². The van der Waals surface area contributed by atoms with Crippen molar-refractivity contribution in [1.82, 2.24) is 5.32 Å². The minimum atomic E-state index is -1.23. The highest BCUT2D eigenvalue weighted by molar-refractivity contribution is 7.86. The summed E-state index contributed by atoms with van der Waals surface area (Å²) >= 11 is 0. The van der Waals surface area contributed by atoms with Gasteiger partial charge in [0.2, 0.25) is 5.91 Å². The average molecular weight is 251 g/mol. The van der Waals surface area contributed by atoms with E-state index in [1.165, 1.54) is 0 Å². The van der Waals surface area contributed by atoms with Crippen LogP contribution in [0.15, 0.2) is 35.2 Å². The number of carbonyl (C=O) groups excluding carboxylic acids is 1. The van der Waals surface area contributed by atoms with E-state index in [0.717, 1.165) is 24.2 Å². The first-order chi connectivity index (χ1) is 8.29. The Bertz CT molecular complexity index is 405. The maximum absolute atomic E-state index is 12.3. The predicted molar refractivity (Wildman–Crippen MR) is 68.1 cm³/mol. The number of benzene rings is 1. The molecule has 2 unspecified atom stereocenters. The second-order valence-corrected chi connectivity index (χ2v) is 5.87. The fourth-order valence-electron chi connectivity index (χ4n) is 2.01. The first-order valence-corrected chi connectivity index (χ1v) is 7.23. The summed E-state index contributed by atoms with van der Waals surface area (Å²) in [6.07, 6.45) is 3.82. The summed E-state index contributed by atoms with van der Waals surface area (Å²) in [4.78, 5) is 12.6. The summed E-state index contributed by atoms with van der Waals surface area (Å²) in [7, 11) is -1.23. The SMILES string of the molecule is O=C1NCCCCCC1S(=O)c1ccccc1. The van der Waals surface area contributed by atoms with Crippen molar-refractivity contribution in [3.63, 3.8) is 0 Å². The monoisotopic (exact) mass is 251 g/mol. The Morgan fingerprint density at radius 3 is 2.65 bits per heavy atom. The van der Waals surface area contributed by atoms with Crippen LogP contribution >= 0.6 is 0 Å². The van der Waals surface area contributed by atoms with Crippen LogP contribution in [0.3, 0.4) is 0 Å². The van der Waals surface area contributed by atoms with Gasteiger partial charge in [-0.15, -0.1) is 0 Å². The number of carbonyl (C=O) groups is 1. The molecule has 0 bridgehead atoms. The smallest absolute Gasteiger partial charge is 0.236 e. The van der Waals surface area contributed by atoms with Crippen LogP contribution in [-0.2, 0) is 15.6 Å². The van der Waals surface area contributed by atoms with Gasteiger partial charge in [0.05, 0.1) is 10.8 Å². The minimum absolute atomic E-state index is 0.0631. The Morgan fingerprint density at radius 1 is 1.12 bits per heavy atom. The standard InChI is InChI=1S/C13H17NO2S/c15-13-12(9-5-2-6-10-14-13)17(16)11-7-3-1-4-8-11/h1,3-4,7-8,12H,2,5-6,9-10H2,(H,14,15).